The van der Waals surface area contributed by atoms with E-state index in [-0.39, 0.29) is 30.6 Å². The summed E-state index contributed by atoms with van der Waals surface area (Å²) >= 11 is 0. The molecular weight excluding hydrogens is 1220 g/mol. The Bertz CT molecular complexity index is 2960. The quantitative estimate of drug-likeness (QED) is 0.0276. The number of methoxy groups -OCH3 is 1. The van der Waals surface area contributed by atoms with E-state index in [2.05, 4.69) is 40.7 Å². The van der Waals surface area contributed by atoms with Crippen LogP contribution in [0.5, 0.6) is 5.75 Å². The largest absolute Gasteiger partial charge is 0.497 e. The molecule has 0 unspecified atom stereocenters. The first-order valence-electron chi connectivity index (χ1n) is 32.3. The normalized spacial score (nSPS) is 47.9. The van der Waals surface area contributed by atoms with Crippen molar-refractivity contribution < 1.29 is 132 Å². The zero-order valence-electron chi connectivity index (χ0n) is 54.1. The van der Waals surface area contributed by atoms with E-state index in [0.717, 1.165) is 24.9 Å². The third kappa shape index (κ3) is 12.4. The number of carboxylic acids is 1. The van der Waals surface area contributed by atoms with Gasteiger partial charge in [-0.3, -0.25) is 9.59 Å². The number of ether oxygens (including phenoxy) is 11. The second-order valence-corrected chi connectivity index (χ2v) is 29.1. The number of esters is 3. The maximum absolute atomic E-state index is 15.9. The first-order chi connectivity index (χ1) is 43.6. The Hall–Kier alpha value is -4.63. The predicted octanol–water partition coefficient (Wildman–Crippen LogP) is 1.11. The number of carbonyl (C=O) groups excluding carboxylic acids is 4. The van der Waals surface area contributed by atoms with Gasteiger partial charge in [0.2, 0.25) is 6.29 Å². The number of aliphatic hydroxyl groups is 10. The van der Waals surface area contributed by atoms with Crippen LogP contribution < -0.4 is 4.74 Å². The van der Waals surface area contributed by atoms with Crippen LogP contribution in [0.2, 0.25) is 0 Å². The van der Waals surface area contributed by atoms with Gasteiger partial charge in [0, 0.05) is 13.0 Å². The molecule has 1 aromatic carbocycles. The lowest BCUT2D eigenvalue weighted by atomic mass is 9.33. The minimum atomic E-state index is -2.10. The predicted molar refractivity (Wildman–Crippen MR) is 318 cm³/mol. The molecule has 27 nitrogen and oxygen atoms in total. The molecular formula is C66H94O27. The number of aliphatic carboxylic acids is 1. The van der Waals surface area contributed by atoms with Crippen LogP contribution in [0, 0.1) is 50.2 Å². The van der Waals surface area contributed by atoms with E-state index in [4.69, 9.17) is 52.1 Å². The van der Waals surface area contributed by atoms with Crippen LogP contribution in [0.1, 0.15) is 126 Å². The molecule has 520 valence electrons. The lowest BCUT2D eigenvalue weighted by Gasteiger charge is -2.71. The Balaban J connectivity index is 0.940. The van der Waals surface area contributed by atoms with Crippen LogP contribution in [0.15, 0.2) is 42.0 Å². The number of benzene rings is 1. The highest BCUT2D eigenvalue weighted by Crippen LogP contribution is 2.76. The fourth-order valence-corrected chi connectivity index (χ4v) is 17.8. The van der Waals surface area contributed by atoms with E-state index in [9.17, 15) is 75.3 Å². The van der Waals surface area contributed by atoms with Gasteiger partial charge in [0.05, 0.1) is 43.5 Å². The molecule has 9 aliphatic rings. The van der Waals surface area contributed by atoms with Crippen molar-refractivity contribution in [1.29, 1.82) is 0 Å². The summed E-state index contributed by atoms with van der Waals surface area (Å²) in [5.41, 5.74) is -3.76. The van der Waals surface area contributed by atoms with Gasteiger partial charge >= 0.3 is 23.9 Å². The second-order valence-electron chi connectivity index (χ2n) is 29.1. The highest BCUT2D eigenvalue weighted by Gasteiger charge is 2.73. The molecule has 8 fully saturated rings. The van der Waals surface area contributed by atoms with E-state index < -0.39 is 204 Å². The van der Waals surface area contributed by atoms with Gasteiger partial charge in [-0.25, -0.2) is 9.59 Å². The van der Waals surface area contributed by atoms with Crippen molar-refractivity contribution in [3.8, 4) is 5.75 Å². The van der Waals surface area contributed by atoms with E-state index >= 15 is 4.79 Å². The van der Waals surface area contributed by atoms with Gasteiger partial charge in [0.15, 0.2) is 43.3 Å². The molecule has 0 bridgehead atoms. The third-order valence-electron chi connectivity index (χ3n) is 23.3. The van der Waals surface area contributed by atoms with Crippen LogP contribution in [0.25, 0.3) is 6.08 Å². The van der Waals surface area contributed by atoms with Crippen molar-refractivity contribution in [2.24, 2.45) is 50.2 Å². The lowest BCUT2D eigenvalue weighted by molar-refractivity contribution is -0.373. The Morgan fingerprint density at radius 3 is 1.91 bits per heavy atom. The van der Waals surface area contributed by atoms with Gasteiger partial charge in [-0.1, -0.05) is 65.3 Å². The summed E-state index contributed by atoms with van der Waals surface area (Å²) in [7, 11) is 1.52. The van der Waals surface area contributed by atoms with Gasteiger partial charge < -0.3 is 113 Å². The number of rotatable bonds is 16. The smallest absolute Gasteiger partial charge is 0.335 e. The molecule has 4 aliphatic heterocycles. The summed E-state index contributed by atoms with van der Waals surface area (Å²) in [4.78, 5) is 69.2. The summed E-state index contributed by atoms with van der Waals surface area (Å²) in [6.45, 7) is 15.7. The molecule has 0 amide bonds. The molecule has 5 aliphatic carbocycles. The standard InChI is InChI=1S/C66H94O27/c1-29-42(72)44(74)48(78)56(84-29)92-54-53(86-31(3)69)50(89-41(71)18-13-32-11-14-33(83-10)15-12-32)30(2)85-59(54)93-60(82)66-24-23-61(4,5)25-35(66)34-16-17-38-62(6)21-20-40(63(7,28-68)37(62)19-22-64(38,8)65(34,9)26-39(66)70)88-58-52(47(77)46(76)51(90-58)55(80)81)91-57-49(79)45(75)43(73)36(27-67)87-57/h11-16,18,28-30,35-40,42-54,56-59,67,70,72-79H,17,19-27H2,1-10H3,(H,80,81)/b18-13+/t29-,30-,35-,36+,37+,38+,39+,40-,42-,43-,44+,45-,46-,47-,48+,49+,50-,51-,52+,53+,54+,56-,57-,58+,59-,62-,63-,64+,65+,66+/m0/s1. The van der Waals surface area contributed by atoms with Crippen LogP contribution in [-0.4, -0.2) is 235 Å². The maximum atomic E-state index is 15.9. The average Bonchev–Trinajstić information content (AvgIpc) is 0.672. The first-order valence-corrected chi connectivity index (χ1v) is 32.3. The zero-order chi connectivity index (χ0) is 68.0. The molecule has 4 heterocycles. The minimum Gasteiger partial charge on any atom is -0.497 e. The number of aldehydes is 1. The summed E-state index contributed by atoms with van der Waals surface area (Å²) in [6, 6.07) is 6.81. The molecule has 27 heteroatoms. The maximum Gasteiger partial charge on any atom is 0.335 e. The highest BCUT2D eigenvalue weighted by molar-refractivity contribution is 5.87. The zero-order valence-corrected chi connectivity index (χ0v) is 54.1. The molecule has 93 heavy (non-hydrogen) atoms. The van der Waals surface area contributed by atoms with Gasteiger partial charge in [0.25, 0.3) is 0 Å². The average molecular weight is 1320 g/mol. The SMILES string of the molecule is COc1ccc(/C=C/C(=O)O[C@@H]2[C@@H](OC(C)=O)[C@@H](O[C@@H]3O[C@@H](C)[C@H](O)[C@@H](O)[C@H]3O)[C@H](OC(=O)[C@]34CCC(C)(C)C[C@H]3C3=CC[C@@H]5[C@@]6(C)CC[C@H](O[C@@H]7O[C@H](C(=O)O)[C@@H](O)[C@H](O)[C@H]7O[C@@H]7O[C@H](CO)[C@H](O)[C@H](O)[C@H]7O)[C@@](C)(C=O)[C@@H]6CC[C@@]5(C)[C@]3(C)C[C@H]4O)O[C@H]2C)cc1. The Morgan fingerprint density at radius 2 is 1.28 bits per heavy atom. The van der Waals surface area contributed by atoms with E-state index in [1.54, 1.807) is 31.2 Å². The number of allylic oxidation sites excluding steroid dienone is 2. The van der Waals surface area contributed by atoms with Crippen molar-refractivity contribution in [3.05, 3.63) is 47.6 Å². The monoisotopic (exact) mass is 1320 g/mol. The molecule has 4 saturated carbocycles. The number of hydrogen-bond acceptors (Lipinski definition) is 26. The molecule has 10 rings (SSSR count). The van der Waals surface area contributed by atoms with Gasteiger partial charge in [-0.15, -0.1) is 0 Å². The van der Waals surface area contributed by atoms with Crippen molar-refractivity contribution in [2.75, 3.05) is 13.7 Å². The first kappa shape index (κ1) is 71.2. The summed E-state index contributed by atoms with van der Waals surface area (Å²) < 4.78 is 66.2. The van der Waals surface area contributed by atoms with Crippen molar-refractivity contribution in [2.45, 2.75) is 255 Å². The van der Waals surface area contributed by atoms with Crippen LogP contribution in [0.3, 0.4) is 0 Å². The number of carbonyl (C=O) groups is 5. The number of hydrogen-bond donors (Lipinski definition) is 11. The Kier molecular flexibility index (Phi) is 20.4. The van der Waals surface area contributed by atoms with Crippen molar-refractivity contribution >= 4 is 36.2 Å². The summed E-state index contributed by atoms with van der Waals surface area (Å²) in [5, 5.41) is 121. The van der Waals surface area contributed by atoms with Crippen LogP contribution in [-0.2, 0) is 71.3 Å². The number of aliphatic hydroxyl groups excluding tert-OH is 10. The van der Waals surface area contributed by atoms with Crippen LogP contribution in [0.4, 0.5) is 0 Å². The summed E-state index contributed by atoms with van der Waals surface area (Å²) in [6.07, 6.45) is -28.3. The van der Waals surface area contributed by atoms with Gasteiger partial charge in [-0.05, 0) is 135 Å². The van der Waals surface area contributed by atoms with Crippen molar-refractivity contribution in [3.63, 3.8) is 0 Å². The van der Waals surface area contributed by atoms with Crippen LogP contribution >= 0.6 is 0 Å². The minimum absolute atomic E-state index is 0.0866. The molecule has 0 spiro atoms. The van der Waals surface area contributed by atoms with E-state index in [1.807, 2.05) is 0 Å². The highest BCUT2D eigenvalue weighted by atomic mass is 16.8. The molecule has 30 atom stereocenters. The third-order valence-corrected chi connectivity index (χ3v) is 23.3. The van der Waals surface area contributed by atoms with Crippen molar-refractivity contribution in [1.82, 2.24) is 0 Å². The topological polar surface area (TPSA) is 409 Å². The fourth-order valence-electron chi connectivity index (χ4n) is 17.8. The van der Waals surface area contributed by atoms with Gasteiger partial charge in [0.1, 0.15) is 78.5 Å². The fraction of sp³-hybridized carbons (Fsp3) is 0.773. The lowest BCUT2D eigenvalue weighted by Crippen LogP contribution is -2.69. The molecule has 1 aromatic rings. The molecule has 11 N–H and O–H groups in total. The number of fused-ring (bicyclic) bond motifs is 7. The van der Waals surface area contributed by atoms with E-state index in [0.29, 0.717) is 49.8 Å². The van der Waals surface area contributed by atoms with E-state index in [1.165, 1.54) is 27.0 Å². The molecule has 4 saturated heterocycles. The number of carboxylic acid groups (broad SMARTS) is 1. The second kappa shape index (κ2) is 26.7. The summed E-state index contributed by atoms with van der Waals surface area (Å²) in [5.74, 6) is -4.89. The Morgan fingerprint density at radius 1 is 0.634 bits per heavy atom. The molecule has 0 aromatic heterocycles. The molecule has 0 radical (unpaired) electrons. The Labute approximate surface area is 539 Å². The van der Waals surface area contributed by atoms with Gasteiger partial charge in [-0.2, -0.15) is 0 Å².